The van der Waals surface area contributed by atoms with Crippen LogP contribution in [-0.4, -0.2) is 60.3 Å². The van der Waals surface area contributed by atoms with Crippen molar-refractivity contribution in [2.75, 3.05) is 26.7 Å². The molecule has 1 aromatic carbocycles. The molecule has 1 atom stereocenters. The molecule has 1 heterocycles. The van der Waals surface area contributed by atoms with E-state index in [9.17, 15) is 18.4 Å². The van der Waals surface area contributed by atoms with Crippen LogP contribution in [0.25, 0.3) is 0 Å². The van der Waals surface area contributed by atoms with Crippen LogP contribution in [0.15, 0.2) is 30.3 Å². The molecule has 1 aromatic rings. The highest BCUT2D eigenvalue weighted by Gasteiger charge is 2.41. The Morgan fingerprint density at radius 2 is 1.81 bits per heavy atom. The van der Waals surface area contributed by atoms with Gasteiger partial charge in [0, 0.05) is 52.0 Å². The number of rotatable bonds is 4. The van der Waals surface area contributed by atoms with Gasteiger partial charge < -0.3 is 10.2 Å². The molecule has 2 fully saturated rings. The molecule has 1 N–H and O–H groups in total. The van der Waals surface area contributed by atoms with Gasteiger partial charge >= 0.3 is 0 Å². The predicted molar refractivity (Wildman–Crippen MR) is 98.2 cm³/mol. The van der Waals surface area contributed by atoms with Crippen molar-refractivity contribution < 1.29 is 18.4 Å². The van der Waals surface area contributed by atoms with E-state index in [0.717, 1.165) is 5.56 Å². The number of carbonyl (C=O) groups is 2. The summed E-state index contributed by atoms with van der Waals surface area (Å²) in [5, 5.41) is 2.68. The van der Waals surface area contributed by atoms with Crippen molar-refractivity contribution in [1.29, 1.82) is 0 Å². The van der Waals surface area contributed by atoms with Gasteiger partial charge in [0.05, 0.1) is 0 Å². The van der Waals surface area contributed by atoms with Gasteiger partial charge in [0.15, 0.2) is 0 Å². The lowest BCUT2D eigenvalue weighted by Gasteiger charge is -2.42. The minimum atomic E-state index is -2.64. The second-order valence-corrected chi connectivity index (χ2v) is 7.50. The van der Waals surface area contributed by atoms with Crippen LogP contribution in [0.5, 0.6) is 0 Å². The molecule has 1 saturated heterocycles. The zero-order valence-electron chi connectivity index (χ0n) is 15.7. The molecule has 3 rings (SSSR count). The highest BCUT2D eigenvalue weighted by Crippen LogP contribution is 2.37. The summed E-state index contributed by atoms with van der Waals surface area (Å²) in [4.78, 5) is 29.0. The number of amides is 2. The maximum absolute atomic E-state index is 13.4. The van der Waals surface area contributed by atoms with Crippen molar-refractivity contribution in [3.8, 4) is 0 Å². The van der Waals surface area contributed by atoms with Crippen LogP contribution >= 0.6 is 0 Å². The van der Waals surface area contributed by atoms with Gasteiger partial charge in [-0.1, -0.05) is 30.3 Å². The summed E-state index contributed by atoms with van der Waals surface area (Å²) in [5.74, 6) is -3.21. The summed E-state index contributed by atoms with van der Waals surface area (Å²) in [5.41, 5.74) is 1.11. The van der Waals surface area contributed by atoms with Crippen LogP contribution in [0.3, 0.4) is 0 Å². The minimum Gasteiger partial charge on any atom is -0.358 e. The number of benzene rings is 1. The molecule has 0 spiro atoms. The molecular weight excluding hydrogens is 352 g/mol. The predicted octanol–water partition coefficient (Wildman–Crippen LogP) is 2.27. The van der Waals surface area contributed by atoms with Gasteiger partial charge in [0.1, 0.15) is 6.04 Å². The lowest BCUT2D eigenvalue weighted by molar-refractivity contribution is -0.144. The number of alkyl halides is 2. The number of hydrogen-bond donors (Lipinski definition) is 1. The fourth-order valence-corrected chi connectivity index (χ4v) is 3.99. The lowest BCUT2D eigenvalue weighted by Crippen LogP contribution is -2.60. The highest BCUT2D eigenvalue weighted by molar-refractivity contribution is 5.84. The van der Waals surface area contributed by atoms with E-state index in [-0.39, 0.29) is 43.4 Å². The number of nitrogens with one attached hydrogen (secondary N) is 1. The third-order valence-corrected chi connectivity index (χ3v) is 5.65. The van der Waals surface area contributed by atoms with Crippen molar-refractivity contribution in [1.82, 2.24) is 15.1 Å². The first-order valence-electron chi connectivity index (χ1n) is 9.56. The molecule has 0 bridgehead atoms. The fourth-order valence-electron chi connectivity index (χ4n) is 3.99. The van der Waals surface area contributed by atoms with Crippen molar-refractivity contribution in [3.05, 3.63) is 35.9 Å². The van der Waals surface area contributed by atoms with Crippen molar-refractivity contribution in [3.63, 3.8) is 0 Å². The van der Waals surface area contributed by atoms with E-state index in [1.54, 1.807) is 11.9 Å². The second kappa shape index (κ2) is 8.33. The van der Waals surface area contributed by atoms with E-state index in [4.69, 9.17) is 0 Å². The largest absolute Gasteiger partial charge is 0.358 e. The van der Waals surface area contributed by atoms with E-state index < -0.39 is 12.0 Å². The van der Waals surface area contributed by atoms with E-state index in [1.807, 2.05) is 30.3 Å². The van der Waals surface area contributed by atoms with Gasteiger partial charge in [-0.25, -0.2) is 8.78 Å². The van der Waals surface area contributed by atoms with Crippen molar-refractivity contribution in [2.45, 2.75) is 44.2 Å². The van der Waals surface area contributed by atoms with Crippen molar-refractivity contribution >= 4 is 11.8 Å². The van der Waals surface area contributed by atoms with E-state index in [0.29, 0.717) is 26.2 Å². The first-order chi connectivity index (χ1) is 12.9. The van der Waals surface area contributed by atoms with E-state index in [1.165, 1.54) is 0 Å². The maximum atomic E-state index is 13.4. The van der Waals surface area contributed by atoms with Crippen molar-refractivity contribution in [2.24, 2.45) is 5.92 Å². The number of hydrogen-bond acceptors (Lipinski definition) is 3. The standard InChI is InChI=1S/C20H27F2N3O2/c1-23-18(26)17-14-25(19(27)16-7-9-20(21,22)10-8-16)12-11-24(17)13-15-5-3-2-4-6-15/h2-6,16-17H,7-14H2,1H3,(H,23,26)/t17-/m1/s1. The smallest absolute Gasteiger partial charge is 0.248 e. The van der Waals surface area contributed by atoms with Gasteiger partial charge in [0.25, 0.3) is 0 Å². The number of halogens is 2. The molecule has 0 radical (unpaired) electrons. The average Bonchev–Trinajstić information content (AvgIpc) is 2.68. The molecule has 7 heteroatoms. The van der Waals surface area contributed by atoms with Gasteiger partial charge in [-0.15, -0.1) is 0 Å². The van der Waals surface area contributed by atoms with Gasteiger partial charge in [-0.3, -0.25) is 14.5 Å². The highest BCUT2D eigenvalue weighted by atomic mass is 19.3. The summed E-state index contributed by atoms with van der Waals surface area (Å²) in [6.07, 6.45) is -0.00604. The molecule has 5 nitrogen and oxygen atoms in total. The average molecular weight is 379 g/mol. The van der Waals surface area contributed by atoms with Gasteiger partial charge in [0.2, 0.25) is 17.7 Å². The van der Waals surface area contributed by atoms with E-state index in [2.05, 4.69) is 10.2 Å². The summed E-state index contributed by atoms with van der Waals surface area (Å²) >= 11 is 0. The topological polar surface area (TPSA) is 52.7 Å². The van der Waals surface area contributed by atoms with Gasteiger partial charge in [-0.2, -0.15) is 0 Å². The zero-order chi connectivity index (χ0) is 19.4. The first kappa shape index (κ1) is 19.7. The van der Waals surface area contributed by atoms with E-state index >= 15 is 0 Å². The number of carbonyl (C=O) groups excluding carboxylic acids is 2. The Morgan fingerprint density at radius 1 is 1.15 bits per heavy atom. The maximum Gasteiger partial charge on any atom is 0.248 e. The Balaban J connectivity index is 1.65. The van der Waals surface area contributed by atoms with Crippen LogP contribution < -0.4 is 5.32 Å². The third-order valence-electron chi connectivity index (χ3n) is 5.65. The molecule has 1 aliphatic carbocycles. The molecular formula is C20H27F2N3O2. The summed E-state index contributed by atoms with van der Waals surface area (Å²) in [6.45, 7) is 2.04. The Hall–Kier alpha value is -2.02. The summed E-state index contributed by atoms with van der Waals surface area (Å²) < 4.78 is 26.7. The summed E-state index contributed by atoms with van der Waals surface area (Å²) in [7, 11) is 1.59. The number of piperazine rings is 1. The molecule has 2 aliphatic rings. The molecule has 1 aliphatic heterocycles. The normalized spacial score (nSPS) is 23.8. The second-order valence-electron chi connectivity index (χ2n) is 7.50. The summed E-state index contributed by atoms with van der Waals surface area (Å²) in [6, 6.07) is 9.47. The fraction of sp³-hybridized carbons (Fsp3) is 0.600. The molecule has 2 amide bonds. The Labute approximate surface area is 158 Å². The zero-order valence-corrected chi connectivity index (χ0v) is 15.7. The van der Waals surface area contributed by atoms with Crippen LogP contribution in [-0.2, 0) is 16.1 Å². The molecule has 27 heavy (non-hydrogen) atoms. The van der Waals surface area contributed by atoms with Crippen LogP contribution in [0.4, 0.5) is 8.78 Å². The Bertz CT molecular complexity index is 658. The number of likely N-dealkylation sites (N-methyl/N-ethyl adjacent to an activating group) is 1. The Morgan fingerprint density at radius 3 is 2.44 bits per heavy atom. The monoisotopic (exact) mass is 379 g/mol. The minimum absolute atomic E-state index is 0.0845. The van der Waals surface area contributed by atoms with Gasteiger partial charge in [-0.05, 0) is 18.4 Å². The van der Waals surface area contributed by atoms with Crippen LogP contribution in [0.2, 0.25) is 0 Å². The molecule has 148 valence electrons. The molecule has 0 unspecified atom stereocenters. The number of nitrogens with zero attached hydrogens (tertiary/aromatic N) is 2. The molecule has 1 saturated carbocycles. The van der Waals surface area contributed by atoms with Crippen LogP contribution in [0, 0.1) is 5.92 Å². The third kappa shape index (κ3) is 4.83. The van der Waals surface area contributed by atoms with Crippen LogP contribution in [0.1, 0.15) is 31.2 Å². The first-order valence-corrected chi connectivity index (χ1v) is 9.56. The molecule has 0 aromatic heterocycles. The Kier molecular flexibility index (Phi) is 6.09. The SMILES string of the molecule is CNC(=O)[C@H]1CN(C(=O)C2CCC(F)(F)CC2)CCN1Cc1ccccc1. The quantitative estimate of drug-likeness (QED) is 0.873. The lowest BCUT2D eigenvalue weighted by atomic mass is 9.85.